The van der Waals surface area contributed by atoms with Crippen molar-refractivity contribution < 1.29 is 4.74 Å². The zero-order valence-electron chi connectivity index (χ0n) is 17.1. The molecule has 2 aromatic rings. The van der Waals surface area contributed by atoms with Gasteiger partial charge in [0, 0.05) is 32.8 Å². The minimum Gasteiger partial charge on any atom is -0.381 e. The van der Waals surface area contributed by atoms with E-state index in [-0.39, 0.29) is 0 Å². The van der Waals surface area contributed by atoms with Crippen LogP contribution in [0.4, 0.5) is 0 Å². The van der Waals surface area contributed by atoms with E-state index < -0.39 is 0 Å². The highest BCUT2D eigenvalue weighted by molar-refractivity contribution is 5.82. The van der Waals surface area contributed by atoms with Crippen molar-refractivity contribution in [1.82, 2.24) is 9.80 Å². The minimum atomic E-state index is 0.836. The molecule has 0 aromatic heterocycles. The summed E-state index contributed by atoms with van der Waals surface area (Å²) < 4.78 is 6.04. The van der Waals surface area contributed by atoms with E-state index in [0.717, 1.165) is 37.5 Å². The van der Waals surface area contributed by atoms with Crippen molar-refractivity contribution in [2.75, 3.05) is 45.9 Å². The number of likely N-dealkylation sites (tertiary alicyclic amines) is 2. The van der Waals surface area contributed by atoms with Gasteiger partial charge in [0.1, 0.15) is 0 Å². The normalized spacial score (nSPS) is 27.9. The van der Waals surface area contributed by atoms with Crippen LogP contribution in [0.5, 0.6) is 0 Å². The molecule has 1 saturated carbocycles. The Morgan fingerprint density at radius 1 is 0.857 bits per heavy atom. The molecule has 0 radical (unpaired) electrons. The van der Waals surface area contributed by atoms with Gasteiger partial charge in [-0.3, -0.25) is 4.90 Å². The first-order valence-corrected chi connectivity index (χ1v) is 11.4. The van der Waals surface area contributed by atoms with Crippen LogP contribution in [0.15, 0.2) is 42.5 Å². The second-order valence-electron chi connectivity index (χ2n) is 9.20. The third kappa shape index (κ3) is 4.27. The first-order chi connectivity index (χ1) is 13.9. The highest BCUT2D eigenvalue weighted by Gasteiger charge is 2.55. The van der Waals surface area contributed by atoms with Gasteiger partial charge in [0.15, 0.2) is 0 Å². The molecule has 3 atom stereocenters. The van der Waals surface area contributed by atoms with E-state index in [1.807, 2.05) is 0 Å². The fourth-order valence-electron chi connectivity index (χ4n) is 5.50. The molecule has 28 heavy (non-hydrogen) atoms. The number of nitrogens with zero attached hydrogens (tertiary/aromatic N) is 2. The zero-order valence-corrected chi connectivity index (χ0v) is 17.1. The average Bonchev–Trinajstić information content (AvgIpc) is 3.19. The van der Waals surface area contributed by atoms with Crippen molar-refractivity contribution in [2.45, 2.75) is 32.2 Å². The molecule has 2 aromatic carbocycles. The summed E-state index contributed by atoms with van der Waals surface area (Å²) in [5.74, 6) is 2.62. The summed E-state index contributed by atoms with van der Waals surface area (Å²) in [5, 5.41) is 2.70. The second-order valence-corrected chi connectivity index (χ2v) is 9.20. The lowest BCUT2D eigenvalue weighted by molar-refractivity contribution is 0.0967. The topological polar surface area (TPSA) is 15.7 Å². The van der Waals surface area contributed by atoms with E-state index in [4.69, 9.17) is 4.74 Å². The lowest BCUT2D eigenvalue weighted by Gasteiger charge is -2.26. The Bertz CT molecular complexity index is 773. The van der Waals surface area contributed by atoms with Gasteiger partial charge in [-0.05, 0) is 72.5 Å². The molecule has 2 heterocycles. The largest absolute Gasteiger partial charge is 0.381 e. The van der Waals surface area contributed by atoms with Crippen LogP contribution in [0.2, 0.25) is 0 Å². The average molecular weight is 379 g/mol. The predicted molar refractivity (Wildman–Crippen MR) is 115 cm³/mol. The number of fused-ring (bicyclic) bond motifs is 2. The maximum atomic E-state index is 6.04. The van der Waals surface area contributed by atoms with E-state index in [0.29, 0.717) is 0 Å². The second kappa shape index (κ2) is 8.52. The molecule has 0 N–H and O–H groups in total. The van der Waals surface area contributed by atoms with Gasteiger partial charge in [0.05, 0.1) is 6.61 Å². The van der Waals surface area contributed by atoms with Crippen molar-refractivity contribution in [3.63, 3.8) is 0 Å². The molecule has 5 rings (SSSR count). The zero-order chi connectivity index (χ0) is 18.8. The Kier molecular flexibility index (Phi) is 5.66. The summed E-state index contributed by atoms with van der Waals surface area (Å²) in [6.45, 7) is 9.42. The van der Waals surface area contributed by atoms with Crippen LogP contribution in [0.25, 0.3) is 10.8 Å². The van der Waals surface area contributed by atoms with Gasteiger partial charge in [0.25, 0.3) is 0 Å². The molecule has 3 nitrogen and oxygen atoms in total. The van der Waals surface area contributed by atoms with Crippen molar-refractivity contribution in [2.24, 2.45) is 17.8 Å². The maximum Gasteiger partial charge on any atom is 0.0500 e. The van der Waals surface area contributed by atoms with Crippen molar-refractivity contribution in [3.05, 3.63) is 48.0 Å². The molecule has 0 spiro atoms. The minimum absolute atomic E-state index is 0.836. The van der Waals surface area contributed by atoms with Crippen LogP contribution in [-0.4, -0.2) is 55.7 Å². The van der Waals surface area contributed by atoms with E-state index in [1.54, 1.807) is 0 Å². The van der Waals surface area contributed by atoms with Crippen LogP contribution < -0.4 is 0 Å². The third-order valence-electron chi connectivity index (χ3n) is 7.19. The number of hydrogen-bond donors (Lipinski definition) is 0. The van der Waals surface area contributed by atoms with Gasteiger partial charge in [-0.25, -0.2) is 0 Å². The van der Waals surface area contributed by atoms with Gasteiger partial charge in [-0.1, -0.05) is 42.8 Å². The predicted octanol–water partition coefficient (Wildman–Crippen LogP) is 4.41. The first-order valence-electron chi connectivity index (χ1n) is 11.4. The summed E-state index contributed by atoms with van der Waals surface area (Å²) in [6, 6.07) is 15.6. The SMILES string of the molecule is c1ccc2cc(CN3C[C@@H]4[C@H](COCCCN5CCCCC5)[C@@H]4C3)ccc2c1. The van der Waals surface area contributed by atoms with Crippen LogP contribution in [-0.2, 0) is 11.3 Å². The number of hydrogen-bond acceptors (Lipinski definition) is 3. The Labute approximate surface area is 169 Å². The van der Waals surface area contributed by atoms with Gasteiger partial charge >= 0.3 is 0 Å². The Hall–Kier alpha value is -1.42. The van der Waals surface area contributed by atoms with Crippen LogP contribution in [0.3, 0.4) is 0 Å². The van der Waals surface area contributed by atoms with Crippen LogP contribution >= 0.6 is 0 Å². The van der Waals surface area contributed by atoms with Crippen molar-refractivity contribution in [3.8, 4) is 0 Å². The molecule has 2 saturated heterocycles. The standard InChI is InChI=1S/C25H34N2O/c1-4-11-26(12-5-1)13-6-14-28-19-25-23-17-27(18-24(23)25)16-20-9-10-21-7-2-3-8-22(21)15-20/h2-3,7-10,15,23-25H,1,4-6,11-14,16-19H2/t23-,24+,25-. The maximum absolute atomic E-state index is 6.04. The first kappa shape index (κ1) is 18.6. The fraction of sp³-hybridized carbons (Fsp3) is 0.600. The summed E-state index contributed by atoms with van der Waals surface area (Å²) >= 11 is 0. The molecule has 3 aliphatic rings. The van der Waals surface area contributed by atoms with E-state index in [1.165, 1.54) is 74.7 Å². The molecular weight excluding hydrogens is 344 g/mol. The van der Waals surface area contributed by atoms with Gasteiger partial charge in [0.2, 0.25) is 0 Å². The summed E-state index contributed by atoms with van der Waals surface area (Å²) in [5.41, 5.74) is 1.45. The molecule has 0 amide bonds. The van der Waals surface area contributed by atoms with Crippen molar-refractivity contribution in [1.29, 1.82) is 0 Å². The molecular formula is C25H34N2O. The lowest BCUT2D eigenvalue weighted by Crippen LogP contribution is -2.31. The Morgan fingerprint density at radius 2 is 1.64 bits per heavy atom. The number of ether oxygens (including phenoxy) is 1. The van der Waals surface area contributed by atoms with E-state index >= 15 is 0 Å². The highest BCUT2D eigenvalue weighted by Crippen LogP contribution is 2.52. The summed E-state index contributed by atoms with van der Waals surface area (Å²) in [4.78, 5) is 5.26. The quantitative estimate of drug-likeness (QED) is 0.633. The molecule has 150 valence electrons. The van der Waals surface area contributed by atoms with Gasteiger partial charge < -0.3 is 9.64 Å². The number of rotatable bonds is 8. The van der Waals surface area contributed by atoms with E-state index in [9.17, 15) is 0 Å². The molecule has 3 fully saturated rings. The van der Waals surface area contributed by atoms with E-state index in [2.05, 4.69) is 52.3 Å². The van der Waals surface area contributed by atoms with Gasteiger partial charge in [-0.15, -0.1) is 0 Å². The fourth-order valence-corrected chi connectivity index (χ4v) is 5.50. The van der Waals surface area contributed by atoms with Crippen LogP contribution in [0, 0.1) is 17.8 Å². The summed E-state index contributed by atoms with van der Waals surface area (Å²) in [6.07, 6.45) is 5.41. The molecule has 2 aliphatic heterocycles. The summed E-state index contributed by atoms with van der Waals surface area (Å²) in [7, 11) is 0. The van der Waals surface area contributed by atoms with Crippen LogP contribution in [0.1, 0.15) is 31.2 Å². The molecule has 1 aliphatic carbocycles. The molecule has 0 unspecified atom stereocenters. The third-order valence-corrected chi connectivity index (χ3v) is 7.19. The highest BCUT2D eigenvalue weighted by atomic mass is 16.5. The number of benzene rings is 2. The molecule has 3 heteroatoms. The van der Waals surface area contributed by atoms with Gasteiger partial charge in [-0.2, -0.15) is 0 Å². The Morgan fingerprint density at radius 3 is 2.46 bits per heavy atom. The monoisotopic (exact) mass is 378 g/mol. The molecule has 0 bridgehead atoms. The van der Waals surface area contributed by atoms with Crippen molar-refractivity contribution >= 4 is 10.8 Å². The lowest BCUT2D eigenvalue weighted by atomic mass is 10.1. The smallest absolute Gasteiger partial charge is 0.0500 e. The number of piperidine rings is 2. The Balaban J connectivity index is 0.998.